The summed E-state index contributed by atoms with van der Waals surface area (Å²) in [5.74, 6) is 0. The van der Waals surface area contributed by atoms with Crippen LogP contribution in [-0.4, -0.2) is 31.4 Å². The molecule has 0 amide bonds. The van der Waals surface area contributed by atoms with Gasteiger partial charge in [0.15, 0.2) is 0 Å². The van der Waals surface area contributed by atoms with Gasteiger partial charge in [-0.1, -0.05) is 15.6 Å². The summed E-state index contributed by atoms with van der Waals surface area (Å²) >= 11 is 0. The van der Waals surface area contributed by atoms with E-state index in [0.717, 1.165) is 15.6 Å². The zero-order chi connectivity index (χ0) is 26.9. The summed E-state index contributed by atoms with van der Waals surface area (Å²) in [5.41, 5.74) is 18.7. The van der Waals surface area contributed by atoms with Gasteiger partial charge in [-0.3, -0.25) is 0 Å². The summed E-state index contributed by atoms with van der Waals surface area (Å²) in [6, 6.07) is 0. The van der Waals surface area contributed by atoms with Crippen molar-refractivity contribution in [3.63, 3.8) is 0 Å². The topological polar surface area (TPSA) is 23.1 Å². The molecule has 3 aromatic carbocycles. The van der Waals surface area contributed by atoms with Crippen molar-refractivity contribution >= 4 is 46.9 Å². The molecule has 0 aliphatic heterocycles. The van der Waals surface area contributed by atoms with Crippen LogP contribution in [0.3, 0.4) is 0 Å². The second-order valence-electron chi connectivity index (χ2n) is 11.2. The molecule has 3 aromatic rings. The van der Waals surface area contributed by atoms with E-state index in [2.05, 4.69) is 104 Å². The molecule has 0 aliphatic rings. The first-order chi connectivity index (χ1) is 16.0. The van der Waals surface area contributed by atoms with Gasteiger partial charge in [0, 0.05) is 0 Å². The molecule has 0 bridgehead atoms. The van der Waals surface area contributed by atoms with E-state index in [1.807, 2.05) is 0 Å². The van der Waals surface area contributed by atoms with Crippen LogP contribution in [0.15, 0.2) is 0 Å². The van der Waals surface area contributed by atoms with E-state index >= 15 is 4.80 Å². The van der Waals surface area contributed by atoms with Gasteiger partial charge in [0.25, 0.3) is 0 Å². The predicted molar refractivity (Wildman–Crippen MR) is 161 cm³/mol. The number of hydrogen-bond acceptors (Lipinski definition) is 1. The second-order valence-corrected chi connectivity index (χ2v) is 14.0. The van der Waals surface area contributed by atoms with E-state index in [1.165, 1.54) is 83.5 Å². The van der Waals surface area contributed by atoms with Crippen molar-refractivity contribution in [3.8, 4) is 0 Å². The molecule has 0 saturated carbocycles. The molecule has 0 radical (unpaired) electrons. The molecule has 0 aliphatic carbocycles. The zero-order valence-electron chi connectivity index (χ0n) is 26.0. The Morgan fingerprint density at radius 2 is 0.405 bits per heavy atom. The maximum Gasteiger partial charge on any atom is 2.00 e. The van der Waals surface area contributed by atoms with Gasteiger partial charge >= 0.3 is 23.1 Å². The maximum atomic E-state index is 16.4. The molecule has 0 heterocycles. The smallest absolute Gasteiger partial charge is 1.00 e. The van der Waals surface area contributed by atoms with E-state index in [4.69, 9.17) is 0 Å². The summed E-state index contributed by atoms with van der Waals surface area (Å²) in [6.07, 6.45) is 0. The normalized spacial score (nSPS) is 11.4. The average Bonchev–Trinajstić information content (AvgIpc) is 2.81. The molecule has 0 atom stereocenters. The van der Waals surface area contributed by atoms with Gasteiger partial charge in [-0.2, -0.15) is 0 Å². The third kappa shape index (κ3) is 4.84. The van der Waals surface area contributed by atoms with E-state index in [0.29, 0.717) is 0 Å². The summed E-state index contributed by atoms with van der Waals surface area (Å²) in [5, 5.41) is 3.25. The van der Waals surface area contributed by atoms with Crippen LogP contribution >= 0.6 is 0 Å². The quantitative estimate of drug-likeness (QED) is 0.340. The van der Waals surface area contributed by atoms with E-state index in [1.54, 1.807) is 0 Å². The van der Waals surface area contributed by atoms with Gasteiger partial charge in [0.05, 0.1) is 8.32 Å². The summed E-state index contributed by atoms with van der Waals surface area (Å²) in [6.45, 7) is 33.0. The zero-order valence-corrected chi connectivity index (χ0v) is 30.0. The predicted octanol–water partition coefficient (Wildman–Crippen LogP) is 2.26. The Kier molecular flexibility index (Phi) is 10.8. The fraction of sp³-hybridized carbons (Fsp3) is 0.455. The molecule has 0 unspecified atom stereocenters. The monoisotopic (exact) mass is 588 g/mol. The Labute approximate surface area is 254 Å². The Morgan fingerprint density at radius 3 is 0.541 bits per heavy atom. The first-order valence-electron chi connectivity index (χ1n) is 13.0. The number of benzene rings is 3. The van der Waals surface area contributed by atoms with Gasteiger partial charge in [-0.25, -0.2) is 0 Å². The Balaban J connectivity index is 0.00000342. The van der Waals surface area contributed by atoms with Crippen molar-refractivity contribution in [2.24, 2.45) is 0 Å². The average molecular weight is 590 g/mol. The number of rotatable bonds is 3. The van der Waals surface area contributed by atoms with Gasteiger partial charge in [0.1, 0.15) is 0 Å². The minimum atomic E-state index is -3.65. The molecule has 0 fully saturated rings. The molecule has 0 spiro atoms. The minimum Gasteiger partial charge on any atom is -1.00 e. The maximum absolute atomic E-state index is 16.4. The molecule has 0 N–H and O–H groups in total. The number of hydrogen-bond donors (Lipinski definition) is 0. The molecule has 196 valence electrons. The van der Waals surface area contributed by atoms with E-state index in [9.17, 15) is 0 Å². The first-order valence-corrected chi connectivity index (χ1v) is 14.9. The van der Waals surface area contributed by atoms with Crippen LogP contribution in [0.2, 0.25) is 0 Å². The Morgan fingerprint density at radius 1 is 0.297 bits per heavy atom. The second kappa shape index (κ2) is 11.7. The molecule has 1 nitrogen and oxygen atoms in total. The molecule has 0 aromatic heterocycles. The molecule has 37 heavy (non-hydrogen) atoms. The van der Waals surface area contributed by atoms with Crippen molar-refractivity contribution in [2.45, 2.75) is 104 Å². The van der Waals surface area contributed by atoms with Crippen LogP contribution in [-0.2, 0) is 0 Å². The third-order valence-electron chi connectivity index (χ3n) is 10.1. The summed E-state index contributed by atoms with van der Waals surface area (Å²) in [7, 11) is -3.65. The van der Waals surface area contributed by atoms with Crippen LogP contribution in [0, 0.1) is 104 Å². The van der Waals surface area contributed by atoms with Crippen LogP contribution in [0.25, 0.3) is 0 Å². The number of halogens is 1. The van der Waals surface area contributed by atoms with Crippen molar-refractivity contribution in [3.05, 3.63) is 83.5 Å². The fourth-order valence-electron chi connectivity index (χ4n) is 6.46. The molecule has 3 rings (SSSR count). The minimum absolute atomic E-state index is 0. The van der Waals surface area contributed by atoms with Crippen molar-refractivity contribution in [2.75, 3.05) is 0 Å². The van der Waals surface area contributed by atoms with Crippen LogP contribution in [0.1, 0.15) is 83.5 Å². The van der Waals surface area contributed by atoms with Gasteiger partial charge in [0.2, 0.25) is 0 Å². The molecule has 4 heteroatoms. The van der Waals surface area contributed by atoms with Crippen LogP contribution in [0.4, 0.5) is 0 Å². The molecule has 0 saturated heterocycles. The van der Waals surface area contributed by atoms with Crippen molar-refractivity contribution < 1.29 is 21.8 Å². The first kappa shape index (κ1) is 34.1. The van der Waals surface area contributed by atoms with Crippen LogP contribution in [0.5, 0.6) is 0 Å². The standard InChI is InChI=1S/C33H45OSi.BrH.Mg/c1-16-19(4)25(10)31(26(11)20(16)5)35(34,32-27(12)21(6)17(2)22(7)28(32)13)33-29(14)23(8)18(3)24(9)30(33)15;;/h1-15H3;1H;/q-1;;+2/p-1. The molecular formula is C33H45BrMgOSi. The summed E-state index contributed by atoms with van der Waals surface area (Å²) in [4.78, 5) is 16.4. The summed E-state index contributed by atoms with van der Waals surface area (Å²) < 4.78 is 0. The van der Waals surface area contributed by atoms with Crippen molar-refractivity contribution in [1.29, 1.82) is 0 Å². The SMILES string of the molecule is Cc1c(C)c(C)c([Si]([O-])(c2c(C)c(C)c(C)c(C)c2C)c2c(C)c(C)c(C)c(C)c2C)c(C)c1C.[Br-].[Mg+2]. The van der Waals surface area contributed by atoms with Gasteiger partial charge in [-0.05, 0) is 187 Å². The van der Waals surface area contributed by atoms with Gasteiger partial charge in [-0.15, -0.1) is 0 Å². The third-order valence-corrected chi connectivity index (χ3v) is 14.4. The van der Waals surface area contributed by atoms with Gasteiger partial charge < -0.3 is 21.8 Å². The fourth-order valence-corrected chi connectivity index (χ4v) is 11.5. The van der Waals surface area contributed by atoms with Crippen molar-refractivity contribution in [1.82, 2.24) is 0 Å². The Bertz CT molecular complexity index is 1150. The van der Waals surface area contributed by atoms with E-state index < -0.39 is 8.32 Å². The van der Waals surface area contributed by atoms with Crippen LogP contribution < -0.4 is 37.3 Å². The Hall–Kier alpha value is -0.917. The van der Waals surface area contributed by atoms with E-state index in [-0.39, 0.29) is 40.0 Å². The molecular weight excluding hydrogens is 545 g/mol. The largest absolute Gasteiger partial charge is 2.00 e.